The summed E-state index contributed by atoms with van der Waals surface area (Å²) in [5.74, 6) is 3.16. The lowest BCUT2D eigenvalue weighted by Gasteiger charge is -2.29. The van der Waals surface area contributed by atoms with E-state index >= 15 is 0 Å². The molecule has 13 heavy (non-hydrogen) atoms. The molecule has 0 bridgehead atoms. The topological polar surface area (TPSA) is 23.6 Å². The Labute approximate surface area is 83.5 Å². The third kappa shape index (κ3) is 1.83. The van der Waals surface area contributed by atoms with Crippen molar-refractivity contribution < 1.29 is 4.79 Å². The Bertz CT molecular complexity index is 204. The van der Waals surface area contributed by atoms with Gasteiger partial charge in [0.05, 0.1) is 0 Å². The molecule has 1 atom stereocenters. The number of likely N-dealkylation sites (N-methyl/N-ethyl adjacent to an activating group) is 1. The maximum atomic E-state index is 11.6. The van der Waals surface area contributed by atoms with Gasteiger partial charge in [0.15, 0.2) is 5.88 Å². The van der Waals surface area contributed by atoms with Crippen molar-refractivity contribution >= 4 is 17.7 Å². The van der Waals surface area contributed by atoms with Crippen LogP contribution in [0, 0.1) is 5.88 Å². The number of piperidine rings is 1. The van der Waals surface area contributed by atoms with Gasteiger partial charge < -0.3 is 4.90 Å². The van der Waals surface area contributed by atoms with Gasteiger partial charge in [-0.05, 0) is 25.9 Å². The number of carbonyl (C=O) groups excluding carboxylic acids is 1. The first-order chi connectivity index (χ1) is 6.29. The molecule has 2 radical (unpaired) electrons. The molecule has 0 aromatic heterocycles. The first kappa shape index (κ1) is 9.34. The smallest absolute Gasteiger partial charge is 0.251 e. The highest BCUT2D eigenvalue weighted by atomic mass is 32.2. The summed E-state index contributed by atoms with van der Waals surface area (Å²) in [4.78, 5) is 15.4. The van der Waals surface area contributed by atoms with Gasteiger partial charge in [0.2, 0.25) is 0 Å². The van der Waals surface area contributed by atoms with Gasteiger partial charge in [-0.15, -0.1) is 0 Å². The van der Waals surface area contributed by atoms with Crippen LogP contribution < -0.4 is 0 Å². The van der Waals surface area contributed by atoms with E-state index in [1.807, 2.05) is 0 Å². The third-order valence-electron chi connectivity index (χ3n) is 2.57. The van der Waals surface area contributed by atoms with Gasteiger partial charge in [-0.3, -0.25) is 9.69 Å². The van der Waals surface area contributed by atoms with Gasteiger partial charge >= 0.3 is 0 Å². The van der Waals surface area contributed by atoms with Gasteiger partial charge in [-0.1, -0.05) is 18.2 Å². The molecule has 2 rings (SSSR count). The Morgan fingerprint density at radius 1 is 1.38 bits per heavy atom. The van der Waals surface area contributed by atoms with Crippen LogP contribution >= 0.6 is 11.8 Å². The molecule has 0 N–H and O–H groups in total. The van der Waals surface area contributed by atoms with Crippen molar-refractivity contribution in [2.45, 2.75) is 24.6 Å². The van der Waals surface area contributed by atoms with Crippen molar-refractivity contribution in [3.05, 3.63) is 5.88 Å². The molecule has 2 saturated heterocycles. The molecule has 72 valence electrons. The number of rotatable bonds is 1. The van der Waals surface area contributed by atoms with E-state index in [0.717, 1.165) is 13.1 Å². The maximum Gasteiger partial charge on any atom is 0.251 e. The van der Waals surface area contributed by atoms with Crippen molar-refractivity contribution in [2.75, 3.05) is 20.1 Å². The number of carbonyl (C=O) groups is 1. The minimum atomic E-state index is 0.0188. The van der Waals surface area contributed by atoms with Crippen LogP contribution in [0.25, 0.3) is 0 Å². The monoisotopic (exact) mass is 198 g/mol. The van der Waals surface area contributed by atoms with E-state index in [2.05, 4.69) is 10.8 Å². The summed E-state index contributed by atoms with van der Waals surface area (Å²) in [6, 6.07) is 0. The van der Waals surface area contributed by atoms with Gasteiger partial charge in [-0.2, -0.15) is 0 Å². The molecule has 2 aliphatic heterocycles. The summed E-state index contributed by atoms with van der Waals surface area (Å²) in [5, 5.41) is 0.0188. The van der Waals surface area contributed by atoms with Crippen LogP contribution in [0.5, 0.6) is 0 Å². The lowest BCUT2D eigenvalue weighted by Crippen LogP contribution is -2.42. The fourth-order valence-corrected chi connectivity index (χ4v) is 2.74. The second-order valence-corrected chi connectivity index (χ2v) is 4.42. The molecule has 0 aromatic rings. The molecule has 1 amide bonds. The van der Waals surface area contributed by atoms with E-state index < -0.39 is 0 Å². The fourth-order valence-electron chi connectivity index (χ4n) is 1.77. The average Bonchev–Trinajstić information content (AvgIpc) is 2.49. The van der Waals surface area contributed by atoms with E-state index in [4.69, 9.17) is 0 Å². The summed E-state index contributed by atoms with van der Waals surface area (Å²) in [5.41, 5.74) is 0. The van der Waals surface area contributed by atoms with E-state index in [1.165, 1.54) is 31.0 Å². The number of nitrogens with zero attached hydrogens (tertiary/aromatic N) is 2. The van der Waals surface area contributed by atoms with Crippen LogP contribution in [0.2, 0.25) is 0 Å². The third-order valence-corrected chi connectivity index (χ3v) is 3.67. The zero-order chi connectivity index (χ0) is 9.26. The Kier molecular flexibility index (Phi) is 2.79. The molecular weight excluding hydrogens is 184 g/mol. The standard InChI is InChI=1S/C9H14N2OS/c1-10-7-13-9(8(10)12)11-5-3-2-4-6-11/h9H,2-6H2,1H3. The lowest BCUT2D eigenvalue weighted by molar-refractivity contribution is -0.129. The molecule has 2 heterocycles. The highest BCUT2D eigenvalue weighted by molar-refractivity contribution is 8.02. The predicted molar refractivity (Wildman–Crippen MR) is 52.8 cm³/mol. The molecule has 0 saturated carbocycles. The van der Waals surface area contributed by atoms with Crippen LogP contribution in [-0.4, -0.2) is 41.2 Å². The zero-order valence-electron chi connectivity index (χ0n) is 7.82. The normalized spacial score (nSPS) is 31.3. The quantitative estimate of drug-likeness (QED) is 0.628. The van der Waals surface area contributed by atoms with E-state index in [-0.39, 0.29) is 11.3 Å². The maximum absolute atomic E-state index is 11.6. The summed E-state index contributed by atoms with van der Waals surface area (Å²) >= 11 is 1.52. The SMILES string of the molecule is CN1[C]SC(N2CCCCC2)C1=O. The largest absolute Gasteiger partial charge is 0.323 e. The van der Waals surface area contributed by atoms with Crippen molar-refractivity contribution in [3.63, 3.8) is 0 Å². The molecule has 3 nitrogen and oxygen atoms in total. The number of thioether (sulfide) groups is 1. The molecule has 0 aromatic carbocycles. The van der Waals surface area contributed by atoms with Gasteiger partial charge in [0, 0.05) is 7.05 Å². The van der Waals surface area contributed by atoms with Crippen LogP contribution in [0.1, 0.15) is 19.3 Å². The van der Waals surface area contributed by atoms with Crippen LogP contribution in [0.3, 0.4) is 0 Å². The minimum absolute atomic E-state index is 0.0188. The highest BCUT2D eigenvalue weighted by Gasteiger charge is 2.35. The Hall–Kier alpha value is -0.220. The summed E-state index contributed by atoms with van der Waals surface area (Å²) in [7, 11) is 1.78. The summed E-state index contributed by atoms with van der Waals surface area (Å²) < 4.78 is 0. The minimum Gasteiger partial charge on any atom is -0.323 e. The summed E-state index contributed by atoms with van der Waals surface area (Å²) in [6.45, 7) is 2.14. The second kappa shape index (κ2) is 3.88. The Morgan fingerprint density at radius 3 is 2.62 bits per heavy atom. The first-order valence-electron chi connectivity index (χ1n) is 4.72. The average molecular weight is 198 g/mol. The van der Waals surface area contributed by atoms with Crippen molar-refractivity contribution in [3.8, 4) is 0 Å². The first-order valence-corrected chi connectivity index (χ1v) is 5.60. The Morgan fingerprint density at radius 2 is 2.08 bits per heavy atom. The number of hydrogen-bond acceptors (Lipinski definition) is 3. The van der Waals surface area contributed by atoms with Crippen LogP contribution in [0.15, 0.2) is 0 Å². The van der Waals surface area contributed by atoms with Gasteiger partial charge in [-0.25, -0.2) is 0 Å². The second-order valence-electron chi connectivity index (χ2n) is 3.56. The van der Waals surface area contributed by atoms with Crippen molar-refractivity contribution in [2.24, 2.45) is 0 Å². The van der Waals surface area contributed by atoms with Crippen molar-refractivity contribution in [1.82, 2.24) is 9.80 Å². The van der Waals surface area contributed by atoms with Gasteiger partial charge in [0.1, 0.15) is 5.37 Å². The molecule has 2 aliphatic rings. The van der Waals surface area contributed by atoms with E-state index in [0.29, 0.717) is 0 Å². The molecule has 2 fully saturated rings. The summed E-state index contributed by atoms with van der Waals surface area (Å²) in [6.07, 6.45) is 3.77. The number of amides is 1. The molecule has 0 aliphatic carbocycles. The number of likely N-dealkylation sites (tertiary alicyclic amines) is 1. The predicted octanol–water partition coefficient (Wildman–Crippen LogP) is 1.000. The van der Waals surface area contributed by atoms with Crippen molar-refractivity contribution in [1.29, 1.82) is 0 Å². The molecule has 4 heteroatoms. The molecule has 1 unspecified atom stereocenters. The molecular formula is C9H14N2OS. The highest BCUT2D eigenvalue weighted by Crippen LogP contribution is 2.30. The number of hydrogen-bond donors (Lipinski definition) is 0. The molecule has 0 spiro atoms. The van der Waals surface area contributed by atoms with E-state index in [9.17, 15) is 4.79 Å². The van der Waals surface area contributed by atoms with Gasteiger partial charge in [0.25, 0.3) is 5.91 Å². The fraction of sp³-hybridized carbons (Fsp3) is 0.778. The van der Waals surface area contributed by atoms with Crippen LogP contribution in [-0.2, 0) is 4.79 Å². The van der Waals surface area contributed by atoms with Crippen LogP contribution in [0.4, 0.5) is 0 Å². The zero-order valence-corrected chi connectivity index (χ0v) is 8.64. The van der Waals surface area contributed by atoms with E-state index in [1.54, 1.807) is 11.9 Å². The lowest BCUT2D eigenvalue weighted by atomic mass is 10.1. The Balaban J connectivity index is 1.96.